The molecule has 0 aliphatic carbocycles. The Labute approximate surface area is 99.2 Å². The first-order valence-electron chi connectivity index (χ1n) is 5.40. The zero-order valence-electron chi connectivity index (χ0n) is 9.63. The van der Waals surface area contributed by atoms with Gasteiger partial charge in [-0.2, -0.15) is 0 Å². The van der Waals surface area contributed by atoms with Gasteiger partial charge in [-0.15, -0.1) is 0 Å². The van der Waals surface area contributed by atoms with E-state index in [0.717, 1.165) is 0 Å². The molecule has 2 N–H and O–H groups in total. The fourth-order valence-corrected chi connectivity index (χ4v) is 1.32. The molecule has 1 aromatic carbocycles. The molecule has 92 valence electrons. The van der Waals surface area contributed by atoms with Crippen LogP contribution in [0.4, 0.5) is 4.39 Å². The standard InChI is InChI=1S/C12H15FN2O2/c1-2-14-12(17)8-15-11(16)7-9-5-3-4-6-10(9)13/h3-6H,2,7-8H2,1H3,(H,14,17)(H,15,16). The number of carbonyl (C=O) groups excluding carboxylic acids is 2. The molecule has 4 nitrogen and oxygen atoms in total. The Morgan fingerprint density at radius 3 is 2.53 bits per heavy atom. The average molecular weight is 238 g/mol. The molecule has 0 saturated carbocycles. The molecule has 17 heavy (non-hydrogen) atoms. The van der Waals surface area contributed by atoms with Gasteiger partial charge < -0.3 is 10.6 Å². The number of benzene rings is 1. The third-order valence-electron chi connectivity index (χ3n) is 2.13. The van der Waals surface area contributed by atoms with Crippen LogP contribution >= 0.6 is 0 Å². The van der Waals surface area contributed by atoms with Gasteiger partial charge in [0, 0.05) is 6.54 Å². The van der Waals surface area contributed by atoms with E-state index in [1.54, 1.807) is 25.1 Å². The lowest BCUT2D eigenvalue weighted by Gasteiger charge is -2.05. The van der Waals surface area contributed by atoms with Gasteiger partial charge >= 0.3 is 0 Å². The van der Waals surface area contributed by atoms with E-state index in [-0.39, 0.29) is 24.8 Å². The molecule has 0 heterocycles. The summed E-state index contributed by atoms with van der Waals surface area (Å²) in [6, 6.07) is 6.06. The van der Waals surface area contributed by atoms with Crippen molar-refractivity contribution in [3.8, 4) is 0 Å². The van der Waals surface area contributed by atoms with Gasteiger partial charge in [0.1, 0.15) is 5.82 Å². The van der Waals surface area contributed by atoms with E-state index >= 15 is 0 Å². The number of nitrogens with one attached hydrogen (secondary N) is 2. The number of hydrogen-bond donors (Lipinski definition) is 2. The molecule has 0 spiro atoms. The molecule has 0 fully saturated rings. The minimum absolute atomic E-state index is 0.0634. The molecule has 5 heteroatoms. The predicted molar refractivity (Wildman–Crippen MR) is 61.8 cm³/mol. The minimum atomic E-state index is -0.416. The maximum absolute atomic E-state index is 13.2. The Bertz CT molecular complexity index is 407. The van der Waals surface area contributed by atoms with E-state index in [2.05, 4.69) is 10.6 Å². The summed E-state index contributed by atoms with van der Waals surface area (Å²) in [7, 11) is 0. The maximum atomic E-state index is 13.2. The van der Waals surface area contributed by atoms with Gasteiger partial charge in [-0.3, -0.25) is 9.59 Å². The summed E-state index contributed by atoms with van der Waals surface area (Å²) in [5.41, 5.74) is 0.320. The van der Waals surface area contributed by atoms with Crippen molar-refractivity contribution in [1.82, 2.24) is 10.6 Å². The van der Waals surface area contributed by atoms with Gasteiger partial charge in [-0.05, 0) is 18.6 Å². The van der Waals surface area contributed by atoms with Crippen molar-refractivity contribution in [2.75, 3.05) is 13.1 Å². The lowest BCUT2D eigenvalue weighted by Crippen LogP contribution is -2.37. The second-order valence-corrected chi connectivity index (χ2v) is 3.50. The Morgan fingerprint density at radius 1 is 1.18 bits per heavy atom. The number of halogens is 1. The predicted octanol–water partition coefficient (Wildman–Crippen LogP) is 0.620. The van der Waals surface area contributed by atoms with Gasteiger partial charge in [-0.1, -0.05) is 18.2 Å². The molecule has 1 aromatic rings. The molecular weight excluding hydrogens is 223 g/mol. The van der Waals surface area contributed by atoms with Crippen molar-refractivity contribution in [1.29, 1.82) is 0 Å². The third-order valence-corrected chi connectivity index (χ3v) is 2.13. The van der Waals surface area contributed by atoms with E-state index in [0.29, 0.717) is 12.1 Å². The van der Waals surface area contributed by atoms with Crippen LogP contribution in [-0.2, 0) is 16.0 Å². The Kier molecular flexibility index (Phi) is 5.13. The van der Waals surface area contributed by atoms with Gasteiger partial charge in [-0.25, -0.2) is 4.39 Å². The fourth-order valence-electron chi connectivity index (χ4n) is 1.32. The molecule has 1 rings (SSSR count). The van der Waals surface area contributed by atoms with Crippen LogP contribution in [0.5, 0.6) is 0 Å². The lowest BCUT2D eigenvalue weighted by atomic mass is 10.1. The molecule has 0 saturated heterocycles. The minimum Gasteiger partial charge on any atom is -0.355 e. The van der Waals surface area contributed by atoms with Crippen molar-refractivity contribution in [2.45, 2.75) is 13.3 Å². The average Bonchev–Trinajstić information content (AvgIpc) is 2.30. The molecular formula is C12H15FN2O2. The zero-order valence-corrected chi connectivity index (χ0v) is 9.63. The Hall–Kier alpha value is -1.91. The normalized spacial score (nSPS) is 9.76. The number of hydrogen-bond acceptors (Lipinski definition) is 2. The highest BCUT2D eigenvalue weighted by Crippen LogP contribution is 2.06. The van der Waals surface area contributed by atoms with Crippen molar-refractivity contribution in [2.24, 2.45) is 0 Å². The summed E-state index contributed by atoms with van der Waals surface area (Å²) < 4.78 is 13.2. The lowest BCUT2D eigenvalue weighted by molar-refractivity contribution is -0.125. The van der Waals surface area contributed by atoms with Crippen molar-refractivity contribution < 1.29 is 14.0 Å². The quantitative estimate of drug-likeness (QED) is 0.790. The second kappa shape index (κ2) is 6.62. The summed E-state index contributed by atoms with van der Waals surface area (Å²) in [4.78, 5) is 22.5. The molecule has 0 aliphatic rings. The van der Waals surface area contributed by atoms with E-state index in [1.165, 1.54) is 6.07 Å². The molecule has 0 unspecified atom stereocenters. The maximum Gasteiger partial charge on any atom is 0.239 e. The van der Waals surface area contributed by atoms with E-state index < -0.39 is 5.82 Å². The van der Waals surface area contributed by atoms with Crippen LogP contribution in [0, 0.1) is 5.82 Å². The van der Waals surface area contributed by atoms with Crippen LogP contribution in [-0.4, -0.2) is 24.9 Å². The number of amides is 2. The Morgan fingerprint density at radius 2 is 1.88 bits per heavy atom. The fraction of sp³-hybridized carbons (Fsp3) is 0.333. The summed E-state index contributed by atoms with van der Waals surface area (Å²) in [6.07, 6.45) is -0.0634. The molecule has 2 amide bonds. The van der Waals surface area contributed by atoms with Crippen molar-refractivity contribution in [3.05, 3.63) is 35.6 Å². The van der Waals surface area contributed by atoms with Crippen LogP contribution in [0.2, 0.25) is 0 Å². The summed E-state index contributed by atoms with van der Waals surface area (Å²) >= 11 is 0. The summed E-state index contributed by atoms with van der Waals surface area (Å²) in [5.74, 6) is -1.05. The summed E-state index contributed by atoms with van der Waals surface area (Å²) in [5, 5.41) is 4.97. The van der Waals surface area contributed by atoms with Crippen molar-refractivity contribution >= 4 is 11.8 Å². The van der Waals surface area contributed by atoms with Gasteiger partial charge in [0.15, 0.2) is 0 Å². The van der Waals surface area contributed by atoms with E-state index in [1.807, 2.05) is 0 Å². The smallest absolute Gasteiger partial charge is 0.239 e. The number of carbonyl (C=O) groups is 2. The van der Waals surface area contributed by atoms with Crippen LogP contribution in [0.3, 0.4) is 0 Å². The highest BCUT2D eigenvalue weighted by Gasteiger charge is 2.08. The largest absolute Gasteiger partial charge is 0.355 e. The topological polar surface area (TPSA) is 58.2 Å². The highest BCUT2D eigenvalue weighted by atomic mass is 19.1. The zero-order chi connectivity index (χ0) is 12.7. The van der Waals surface area contributed by atoms with E-state index in [9.17, 15) is 14.0 Å². The SMILES string of the molecule is CCNC(=O)CNC(=O)Cc1ccccc1F. The van der Waals surface area contributed by atoms with Crippen LogP contribution in [0.15, 0.2) is 24.3 Å². The number of likely N-dealkylation sites (N-methyl/N-ethyl adjacent to an activating group) is 1. The third kappa shape index (κ3) is 4.63. The Balaban J connectivity index is 2.40. The van der Waals surface area contributed by atoms with E-state index in [4.69, 9.17) is 0 Å². The van der Waals surface area contributed by atoms with Gasteiger partial charge in [0.25, 0.3) is 0 Å². The number of rotatable bonds is 5. The van der Waals surface area contributed by atoms with Gasteiger partial charge in [0.2, 0.25) is 11.8 Å². The first-order chi connectivity index (χ1) is 8.13. The summed E-state index contributed by atoms with van der Waals surface area (Å²) in [6.45, 7) is 2.22. The van der Waals surface area contributed by atoms with Crippen molar-refractivity contribution in [3.63, 3.8) is 0 Å². The first-order valence-corrected chi connectivity index (χ1v) is 5.40. The van der Waals surface area contributed by atoms with Crippen LogP contribution in [0.1, 0.15) is 12.5 Å². The molecule has 0 bridgehead atoms. The molecule has 0 radical (unpaired) electrons. The van der Waals surface area contributed by atoms with Crippen LogP contribution < -0.4 is 10.6 Å². The van der Waals surface area contributed by atoms with Gasteiger partial charge in [0.05, 0.1) is 13.0 Å². The first kappa shape index (κ1) is 13.2. The van der Waals surface area contributed by atoms with Crippen LogP contribution in [0.25, 0.3) is 0 Å². The highest BCUT2D eigenvalue weighted by molar-refractivity contribution is 5.85. The molecule has 0 aliphatic heterocycles. The molecule has 0 atom stereocenters. The second-order valence-electron chi connectivity index (χ2n) is 3.50. The molecule has 0 aromatic heterocycles. The monoisotopic (exact) mass is 238 g/mol.